The van der Waals surface area contributed by atoms with E-state index in [0.717, 1.165) is 42.3 Å². The number of hydrogen-bond donors (Lipinski definition) is 2. The summed E-state index contributed by atoms with van der Waals surface area (Å²) in [6.45, 7) is 0. The van der Waals surface area contributed by atoms with Gasteiger partial charge >= 0.3 is 0 Å². The summed E-state index contributed by atoms with van der Waals surface area (Å²) in [4.78, 5) is 4.30. The predicted octanol–water partition coefficient (Wildman–Crippen LogP) is 2.82. The Morgan fingerprint density at radius 2 is 2.05 bits per heavy atom. The standard InChI is InChI=1S/C16H17N3O/c17-9-11-10-18-13-6-2-1-5-12(13)16(11)19-14-7-3-4-8-15(14)20/h1-2,5-6,10,14-15,20H,3-4,7-8H2,(H,18,19). The molecule has 4 heteroatoms. The van der Waals surface area contributed by atoms with Crippen LogP contribution in [-0.4, -0.2) is 22.2 Å². The van der Waals surface area contributed by atoms with Crippen molar-refractivity contribution in [2.24, 2.45) is 0 Å². The lowest BCUT2D eigenvalue weighted by molar-refractivity contribution is 0.116. The van der Waals surface area contributed by atoms with Gasteiger partial charge in [0.15, 0.2) is 0 Å². The highest BCUT2D eigenvalue weighted by molar-refractivity contribution is 5.93. The van der Waals surface area contributed by atoms with Crippen LogP contribution in [-0.2, 0) is 0 Å². The summed E-state index contributed by atoms with van der Waals surface area (Å²) in [6, 6.07) is 9.96. The van der Waals surface area contributed by atoms with Crippen molar-refractivity contribution in [1.82, 2.24) is 4.98 Å². The molecule has 0 bridgehead atoms. The lowest BCUT2D eigenvalue weighted by Crippen LogP contribution is -2.36. The van der Waals surface area contributed by atoms with Gasteiger partial charge in [-0.1, -0.05) is 31.0 Å². The summed E-state index contributed by atoms with van der Waals surface area (Å²) in [5.74, 6) is 0. The molecule has 102 valence electrons. The van der Waals surface area contributed by atoms with E-state index in [2.05, 4.69) is 16.4 Å². The Kier molecular flexibility index (Phi) is 3.53. The van der Waals surface area contributed by atoms with E-state index < -0.39 is 0 Å². The molecule has 1 fully saturated rings. The maximum Gasteiger partial charge on any atom is 0.103 e. The van der Waals surface area contributed by atoms with Gasteiger partial charge in [-0.15, -0.1) is 0 Å². The van der Waals surface area contributed by atoms with Gasteiger partial charge in [0.05, 0.1) is 28.9 Å². The average Bonchev–Trinajstić information content (AvgIpc) is 2.50. The summed E-state index contributed by atoms with van der Waals surface area (Å²) in [5, 5.41) is 23.7. The minimum Gasteiger partial charge on any atom is -0.391 e. The third-order valence-electron chi connectivity index (χ3n) is 3.96. The van der Waals surface area contributed by atoms with Crippen LogP contribution in [0.2, 0.25) is 0 Å². The second kappa shape index (κ2) is 5.48. The Hall–Kier alpha value is -2.12. The number of pyridine rings is 1. The lowest BCUT2D eigenvalue weighted by Gasteiger charge is -2.29. The Balaban J connectivity index is 2.02. The molecule has 4 nitrogen and oxygen atoms in total. The molecule has 0 saturated heterocycles. The molecule has 2 unspecified atom stereocenters. The minimum absolute atomic E-state index is 0.0154. The zero-order chi connectivity index (χ0) is 13.9. The van der Waals surface area contributed by atoms with Gasteiger partial charge in [0.2, 0.25) is 0 Å². The number of nitrogens with zero attached hydrogens (tertiary/aromatic N) is 2. The topological polar surface area (TPSA) is 68.9 Å². The van der Waals surface area contributed by atoms with Crippen molar-refractivity contribution in [1.29, 1.82) is 5.26 Å². The minimum atomic E-state index is -0.345. The molecule has 20 heavy (non-hydrogen) atoms. The Bertz CT molecular complexity index is 662. The van der Waals surface area contributed by atoms with Gasteiger partial charge in [-0.2, -0.15) is 5.26 Å². The van der Waals surface area contributed by atoms with Crippen LogP contribution in [0.1, 0.15) is 31.2 Å². The molecular formula is C16H17N3O. The summed E-state index contributed by atoms with van der Waals surface area (Å²) in [6.07, 6.45) is 5.19. The summed E-state index contributed by atoms with van der Waals surface area (Å²) in [7, 11) is 0. The predicted molar refractivity (Wildman–Crippen MR) is 78.3 cm³/mol. The zero-order valence-corrected chi connectivity index (χ0v) is 11.2. The second-order valence-corrected chi connectivity index (χ2v) is 5.28. The molecule has 2 atom stereocenters. The van der Waals surface area contributed by atoms with Crippen molar-refractivity contribution in [2.45, 2.75) is 37.8 Å². The third kappa shape index (κ3) is 2.33. The smallest absolute Gasteiger partial charge is 0.103 e. The highest BCUT2D eigenvalue weighted by atomic mass is 16.3. The molecule has 0 spiro atoms. The number of aliphatic hydroxyl groups excluding tert-OH is 1. The first kappa shape index (κ1) is 12.9. The Morgan fingerprint density at radius 1 is 1.25 bits per heavy atom. The van der Waals surface area contributed by atoms with E-state index in [-0.39, 0.29) is 12.1 Å². The molecule has 0 radical (unpaired) electrons. The van der Waals surface area contributed by atoms with Crippen LogP contribution >= 0.6 is 0 Å². The second-order valence-electron chi connectivity index (χ2n) is 5.28. The average molecular weight is 267 g/mol. The molecule has 3 rings (SSSR count). The fraction of sp³-hybridized carbons (Fsp3) is 0.375. The van der Waals surface area contributed by atoms with Gasteiger partial charge in [-0.25, -0.2) is 0 Å². The fourth-order valence-corrected chi connectivity index (χ4v) is 2.85. The van der Waals surface area contributed by atoms with Gasteiger partial charge in [0, 0.05) is 11.6 Å². The number of nitriles is 1. The van der Waals surface area contributed by atoms with Gasteiger partial charge in [0.25, 0.3) is 0 Å². The number of fused-ring (bicyclic) bond motifs is 1. The molecular weight excluding hydrogens is 250 g/mol. The number of aliphatic hydroxyl groups is 1. The molecule has 2 N–H and O–H groups in total. The number of anilines is 1. The van der Waals surface area contributed by atoms with Gasteiger partial charge in [0.1, 0.15) is 6.07 Å². The molecule has 0 amide bonds. The first-order valence-corrected chi connectivity index (χ1v) is 7.02. The highest BCUT2D eigenvalue weighted by Crippen LogP contribution is 2.29. The molecule has 0 aliphatic heterocycles. The number of para-hydroxylation sites is 1. The van der Waals surface area contributed by atoms with E-state index in [4.69, 9.17) is 0 Å². The van der Waals surface area contributed by atoms with Crippen molar-refractivity contribution in [3.63, 3.8) is 0 Å². The molecule has 1 heterocycles. The summed E-state index contributed by atoms with van der Waals surface area (Å²) in [5.41, 5.74) is 2.19. The van der Waals surface area contributed by atoms with E-state index in [1.165, 1.54) is 0 Å². The molecule has 1 aliphatic rings. The van der Waals surface area contributed by atoms with Crippen molar-refractivity contribution >= 4 is 16.6 Å². The SMILES string of the molecule is N#Cc1cnc2ccccc2c1NC1CCCCC1O. The van der Waals surface area contributed by atoms with E-state index in [1.54, 1.807) is 6.20 Å². The Labute approximate surface area is 118 Å². The van der Waals surface area contributed by atoms with Crippen LogP contribution in [0.4, 0.5) is 5.69 Å². The first-order chi connectivity index (χ1) is 9.79. The van der Waals surface area contributed by atoms with Gasteiger partial charge < -0.3 is 10.4 Å². The van der Waals surface area contributed by atoms with Crippen molar-refractivity contribution in [3.05, 3.63) is 36.0 Å². The van der Waals surface area contributed by atoms with Crippen LogP contribution < -0.4 is 5.32 Å². The van der Waals surface area contributed by atoms with Crippen LogP contribution in [0.3, 0.4) is 0 Å². The van der Waals surface area contributed by atoms with E-state index in [1.807, 2.05) is 24.3 Å². The van der Waals surface area contributed by atoms with E-state index in [0.29, 0.717) is 5.56 Å². The maximum atomic E-state index is 10.1. The highest BCUT2D eigenvalue weighted by Gasteiger charge is 2.24. The first-order valence-electron chi connectivity index (χ1n) is 7.02. The van der Waals surface area contributed by atoms with Crippen molar-refractivity contribution in [3.8, 4) is 6.07 Å². The molecule has 1 saturated carbocycles. The van der Waals surface area contributed by atoms with Crippen LogP contribution in [0.15, 0.2) is 30.5 Å². The summed E-state index contributed by atoms with van der Waals surface area (Å²) < 4.78 is 0. The van der Waals surface area contributed by atoms with Crippen molar-refractivity contribution < 1.29 is 5.11 Å². The summed E-state index contributed by atoms with van der Waals surface area (Å²) >= 11 is 0. The maximum absolute atomic E-state index is 10.1. The molecule has 1 aromatic carbocycles. The molecule has 1 aliphatic carbocycles. The number of rotatable bonds is 2. The lowest BCUT2D eigenvalue weighted by atomic mass is 9.92. The normalized spacial score (nSPS) is 22.4. The van der Waals surface area contributed by atoms with Crippen LogP contribution in [0.5, 0.6) is 0 Å². The number of nitrogens with one attached hydrogen (secondary N) is 1. The van der Waals surface area contributed by atoms with Crippen LogP contribution in [0, 0.1) is 11.3 Å². The van der Waals surface area contributed by atoms with E-state index >= 15 is 0 Å². The third-order valence-corrected chi connectivity index (χ3v) is 3.96. The van der Waals surface area contributed by atoms with Gasteiger partial charge in [-0.3, -0.25) is 4.98 Å². The number of hydrogen-bond acceptors (Lipinski definition) is 4. The van der Waals surface area contributed by atoms with Crippen molar-refractivity contribution in [2.75, 3.05) is 5.32 Å². The monoisotopic (exact) mass is 267 g/mol. The molecule has 2 aromatic rings. The fourth-order valence-electron chi connectivity index (χ4n) is 2.85. The largest absolute Gasteiger partial charge is 0.391 e. The zero-order valence-electron chi connectivity index (χ0n) is 11.2. The van der Waals surface area contributed by atoms with Gasteiger partial charge in [-0.05, 0) is 18.9 Å². The van der Waals surface area contributed by atoms with E-state index in [9.17, 15) is 10.4 Å². The number of aromatic nitrogens is 1. The quantitative estimate of drug-likeness (QED) is 0.878. The van der Waals surface area contributed by atoms with Crippen LogP contribution in [0.25, 0.3) is 10.9 Å². The Morgan fingerprint density at radius 3 is 2.85 bits per heavy atom. The number of benzene rings is 1. The molecule has 1 aromatic heterocycles.